The molecule has 0 radical (unpaired) electrons. The molecule has 0 spiro atoms. The highest BCUT2D eigenvalue weighted by molar-refractivity contribution is 5.88. The Bertz CT molecular complexity index is 639. The first kappa shape index (κ1) is 23.3. The smallest absolute Gasteiger partial charge is 0.335 e. The minimum absolute atomic E-state index is 0.00654. The van der Waals surface area contributed by atoms with Crippen LogP contribution in [0.25, 0.3) is 0 Å². The summed E-state index contributed by atoms with van der Waals surface area (Å²) in [5.41, 5.74) is -0.00654. The third kappa shape index (κ3) is 8.79. The number of ether oxygens (including phenoxy) is 3. The number of carbonyl (C=O) groups is 3. The van der Waals surface area contributed by atoms with Crippen LogP contribution in [-0.2, 0) is 28.6 Å². The Balaban J connectivity index is 2.43. The fourth-order valence-corrected chi connectivity index (χ4v) is 3.14. The first-order chi connectivity index (χ1) is 13.3. The number of hydrogen-bond acceptors (Lipinski definition) is 7. The van der Waals surface area contributed by atoms with Gasteiger partial charge in [0.2, 0.25) is 0 Å². The molecule has 7 nitrogen and oxygen atoms in total. The summed E-state index contributed by atoms with van der Waals surface area (Å²) in [5.74, 6) is -1.25. The SMILES string of the molecule is C=CC(=O)O/C=C\OC=NC1CCCC(C)(CCC(=O)C(C)OC(=O)C=C)C1. The quantitative estimate of drug-likeness (QED) is 0.176. The molecule has 0 aromatic rings. The van der Waals surface area contributed by atoms with Crippen LogP contribution in [0.1, 0.15) is 52.4 Å². The predicted octanol–water partition coefficient (Wildman–Crippen LogP) is 3.65. The van der Waals surface area contributed by atoms with E-state index < -0.39 is 18.0 Å². The van der Waals surface area contributed by atoms with Crippen molar-refractivity contribution >= 4 is 24.1 Å². The van der Waals surface area contributed by atoms with E-state index in [9.17, 15) is 14.4 Å². The van der Waals surface area contributed by atoms with E-state index in [0.717, 1.165) is 44.1 Å². The van der Waals surface area contributed by atoms with Gasteiger partial charge in [0, 0.05) is 18.6 Å². The number of rotatable bonds is 11. The third-order valence-electron chi connectivity index (χ3n) is 4.75. The van der Waals surface area contributed by atoms with Crippen LogP contribution in [-0.4, -0.2) is 36.3 Å². The van der Waals surface area contributed by atoms with E-state index >= 15 is 0 Å². The van der Waals surface area contributed by atoms with E-state index in [4.69, 9.17) is 9.47 Å². The molecular formula is C21H29NO6. The summed E-state index contributed by atoms with van der Waals surface area (Å²) in [6, 6.07) is 0.106. The minimum atomic E-state index is -0.762. The molecule has 28 heavy (non-hydrogen) atoms. The van der Waals surface area contributed by atoms with Gasteiger partial charge in [0.25, 0.3) is 0 Å². The monoisotopic (exact) mass is 391 g/mol. The van der Waals surface area contributed by atoms with Crippen LogP contribution in [0.3, 0.4) is 0 Å². The Morgan fingerprint density at radius 1 is 1.21 bits per heavy atom. The maximum absolute atomic E-state index is 12.2. The summed E-state index contributed by atoms with van der Waals surface area (Å²) in [4.78, 5) is 38.6. The molecule has 1 aliphatic rings. The van der Waals surface area contributed by atoms with Crippen LogP contribution in [0.4, 0.5) is 0 Å². The van der Waals surface area contributed by atoms with E-state index in [2.05, 4.69) is 29.8 Å². The van der Waals surface area contributed by atoms with E-state index in [1.54, 1.807) is 6.92 Å². The average molecular weight is 391 g/mol. The lowest BCUT2D eigenvalue weighted by atomic mass is 9.70. The Kier molecular flexibility index (Phi) is 9.92. The van der Waals surface area contributed by atoms with Crippen molar-refractivity contribution in [3.63, 3.8) is 0 Å². The molecule has 0 heterocycles. The zero-order valence-electron chi connectivity index (χ0n) is 16.6. The third-order valence-corrected chi connectivity index (χ3v) is 4.75. The Hall–Kier alpha value is -2.70. The van der Waals surface area contributed by atoms with Crippen molar-refractivity contribution in [1.29, 1.82) is 0 Å². The molecule has 0 aliphatic heterocycles. The van der Waals surface area contributed by atoms with Crippen LogP contribution >= 0.6 is 0 Å². The summed E-state index contributed by atoms with van der Waals surface area (Å²) in [6.07, 6.45) is 9.90. The van der Waals surface area contributed by atoms with Crippen molar-refractivity contribution in [2.75, 3.05) is 0 Å². The molecule has 0 saturated heterocycles. The number of nitrogens with zero attached hydrogens (tertiary/aromatic N) is 1. The molecule has 3 unspecified atom stereocenters. The standard InChI is InChI=1S/C21H29NO6/c1-5-19(24)27-13-12-26-15-22-17-8-7-10-21(4,14-17)11-9-18(23)16(3)28-20(25)6-2/h5-6,12-13,15-17H,1-2,7-11,14H2,3-4H3/b13-12-,22-15?. The highest BCUT2D eigenvalue weighted by atomic mass is 16.5. The molecule has 154 valence electrons. The van der Waals surface area contributed by atoms with Crippen molar-refractivity contribution < 1.29 is 28.6 Å². The lowest BCUT2D eigenvalue weighted by Gasteiger charge is -2.36. The molecule has 1 fully saturated rings. The molecule has 0 aromatic heterocycles. The summed E-state index contributed by atoms with van der Waals surface area (Å²) < 4.78 is 14.7. The minimum Gasteiger partial charge on any atom is -0.452 e. The number of aliphatic imine (C=N–C) groups is 1. The van der Waals surface area contributed by atoms with Gasteiger partial charge in [-0.05, 0) is 38.0 Å². The van der Waals surface area contributed by atoms with Crippen molar-refractivity contribution in [2.24, 2.45) is 10.4 Å². The van der Waals surface area contributed by atoms with Crippen LogP contribution < -0.4 is 0 Å². The van der Waals surface area contributed by atoms with E-state index in [1.807, 2.05) is 0 Å². The first-order valence-electron chi connectivity index (χ1n) is 9.30. The molecule has 3 atom stereocenters. The zero-order chi connectivity index (χ0) is 21.0. The van der Waals surface area contributed by atoms with Gasteiger partial charge in [-0.1, -0.05) is 26.5 Å². The Labute approximate surface area is 166 Å². The van der Waals surface area contributed by atoms with Crippen molar-refractivity contribution in [3.05, 3.63) is 37.8 Å². The van der Waals surface area contributed by atoms with Crippen LogP contribution in [0, 0.1) is 5.41 Å². The van der Waals surface area contributed by atoms with Crippen molar-refractivity contribution in [1.82, 2.24) is 0 Å². The number of esters is 2. The van der Waals surface area contributed by atoms with Gasteiger partial charge in [0.05, 0.1) is 6.04 Å². The van der Waals surface area contributed by atoms with E-state index in [-0.39, 0.29) is 17.2 Å². The van der Waals surface area contributed by atoms with Gasteiger partial charge in [0.15, 0.2) is 18.3 Å². The lowest BCUT2D eigenvalue weighted by molar-refractivity contribution is -0.149. The normalized spacial score (nSPS) is 23.1. The molecule has 0 amide bonds. The second kappa shape index (κ2) is 11.9. The maximum Gasteiger partial charge on any atom is 0.335 e. The second-order valence-electron chi connectivity index (χ2n) is 7.11. The molecule has 1 aliphatic carbocycles. The van der Waals surface area contributed by atoms with Gasteiger partial charge in [-0.3, -0.25) is 9.79 Å². The number of ketones is 1. The average Bonchev–Trinajstić information content (AvgIpc) is 2.68. The predicted molar refractivity (Wildman–Crippen MR) is 105 cm³/mol. The summed E-state index contributed by atoms with van der Waals surface area (Å²) in [6.45, 7) is 10.3. The van der Waals surface area contributed by atoms with E-state index in [1.165, 1.54) is 12.7 Å². The molecular weight excluding hydrogens is 362 g/mol. The van der Waals surface area contributed by atoms with Gasteiger partial charge in [-0.2, -0.15) is 0 Å². The van der Waals surface area contributed by atoms with Gasteiger partial charge in [0.1, 0.15) is 12.5 Å². The number of hydrogen-bond donors (Lipinski definition) is 0. The summed E-state index contributed by atoms with van der Waals surface area (Å²) >= 11 is 0. The topological polar surface area (TPSA) is 91.3 Å². The molecule has 7 heteroatoms. The fraction of sp³-hybridized carbons (Fsp3) is 0.524. The van der Waals surface area contributed by atoms with Crippen molar-refractivity contribution in [3.8, 4) is 0 Å². The van der Waals surface area contributed by atoms with Gasteiger partial charge < -0.3 is 14.2 Å². The summed E-state index contributed by atoms with van der Waals surface area (Å²) in [7, 11) is 0. The number of Topliss-reactive ketones (excluding diaryl/α,β-unsaturated/α-hetero) is 1. The largest absolute Gasteiger partial charge is 0.452 e. The molecule has 1 saturated carbocycles. The molecule has 0 aromatic carbocycles. The van der Waals surface area contributed by atoms with Crippen molar-refractivity contribution in [2.45, 2.75) is 64.5 Å². The van der Waals surface area contributed by atoms with Gasteiger partial charge in [-0.25, -0.2) is 9.59 Å². The first-order valence-corrected chi connectivity index (χ1v) is 9.30. The Morgan fingerprint density at radius 3 is 2.61 bits per heavy atom. The zero-order valence-corrected chi connectivity index (χ0v) is 16.6. The molecule has 1 rings (SSSR count). The molecule has 0 bridgehead atoms. The maximum atomic E-state index is 12.2. The summed E-state index contributed by atoms with van der Waals surface area (Å²) in [5, 5.41) is 0. The Morgan fingerprint density at radius 2 is 1.93 bits per heavy atom. The number of carbonyl (C=O) groups excluding carboxylic acids is 3. The van der Waals surface area contributed by atoms with Gasteiger partial charge in [-0.15, -0.1) is 0 Å². The van der Waals surface area contributed by atoms with Crippen LogP contribution in [0.2, 0.25) is 0 Å². The second-order valence-corrected chi connectivity index (χ2v) is 7.11. The van der Waals surface area contributed by atoms with Crippen LogP contribution in [0.5, 0.6) is 0 Å². The van der Waals surface area contributed by atoms with Crippen LogP contribution in [0.15, 0.2) is 42.8 Å². The highest BCUT2D eigenvalue weighted by Gasteiger charge is 2.33. The van der Waals surface area contributed by atoms with Gasteiger partial charge >= 0.3 is 11.9 Å². The lowest BCUT2D eigenvalue weighted by Crippen LogP contribution is -2.30. The fourth-order valence-electron chi connectivity index (χ4n) is 3.14. The molecule has 0 N–H and O–H groups in total. The van der Waals surface area contributed by atoms with E-state index in [0.29, 0.717) is 12.8 Å². The highest BCUT2D eigenvalue weighted by Crippen LogP contribution is 2.41.